The van der Waals surface area contributed by atoms with E-state index in [-0.39, 0.29) is 11.6 Å². The maximum Gasteiger partial charge on any atom is 0.341 e. The molecular formula is C24H27BrO8. The second-order valence-electron chi connectivity index (χ2n) is 6.92. The Balaban J connectivity index is 0.000000331. The van der Waals surface area contributed by atoms with Crippen LogP contribution < -0.4 is 9.47 Å². The van der Waals surface area contributed by atoms with Gasteiger partial charge in [-0.25, -0.2) is 9.59 Å². The first-order valence-corrected chi connectivity index (χ1v) is 10.6. The van der Waals surface area contributed by atoms with Gasteiger partial charge < -0.3 is 18.9 Å². The van der Waals surface area contributed by atoms with Crippen LogP contribution in [0.25, 0.3) is 0 Å². The average Bonchev–Trinajstić information content (AvgIpc) is 2.78. The number of Topliss-reactive ketones (excluding diaryl/α,β-unsaturated/α-hetero) is 2. The predicted molar refractivity (Wildman–Crippen MR) is 125 cm³/mol. The lowest BCUT2D eigenvalue weighted by Crippen LogP contribution is -2.06. The number of methoxy groups -OCH3 is 4. The molecule has 0 amide bonds. The van der Waals surface area contributed by atoms with E-state index in [4.69, 9.17) is 9.47 Å². The first-order valence-electron chi connectivity index (χ1n) is 9.76. The summed E-state index contributed by atoms with van der Waals surface area (Å²) >= 11 is 3.32. The summed E-state index contributed by atoms with van der Waals surface area (Å²) in [5.74, 6) is -0.00325. The molecule has 8 nitrogen and oxygen atoms in total. The first-order chi connectivity index (χ1) is 15.6. The van der Waals surface area contributed by atoms with Gasteiger partial charge in [-0.1, -0.05) is 22.0 Å². The van der Waals surface area contributed by atoms with Crippen LogP contribution in [0.5, 0.6) is 11.5 Å². The fraction of sp³-hybridized carbons (Fsp3) is 0.333. The van der Waals surface area contributed by atoms with Crippen LogP contribution in [-0.4, -0.2) is 51.9 Å². The van der Waals surface area contributed by atoms with Crippen LogP contribution in [0.15, 0.2) is 34.8 Å². The quantitative estimate of drug-likeness (QED) is 0.479. The molecule has 0 bridgehead atoms. The average molecular weight is 523 g/mol. The zero-order valence-electron chi connectivity index (χ0n) is 19.4. The number of ether oxygens (including phenoxy) is 4. The van der Waals surface area contributed by atoms with E-state index in [1.807, 2.05) is 0 Å². The van der Waals surface area contributed by atoms with Crippen molar-refractivity contribution in [1.82, 2.24) is 0 Å². The summed E-state index contributed by atoms with van der Waals surface area (Å²) in [4.78, 5) is 44.9. The monoisotopic (exact) mass is 522 g/mol. The molecule has 0 spiro atoms. The summed E-state index contributed by atoms with van der Waals surface area (Å²) in [5.41, 5.74) is 2.28. The second-order valence-corrected chi connectivity index (χ2v) is 7.77. The van der Waals surface area contributed by atoms with E-state index in [1.54, 1.807) is 30.3 Å². The summed E-state index contributed by atoms with van der Waals surface area (Å²) < 4.78 is 20.1. The van der Waals surface area contributed by atoms with Gasteiger partial charge >= 0.3 is 11.9 Å². The van der Waals surface area contributed by atoms with E-state index in [0.717, 1.165) is 11.1 Å². The van der Waals surface area contributed by atoms with Crippen molar-refractivity contribution in [2.45, 2.75) is 26.7 Å². The van der Waals surface area contributed by atoms with Crippen molar-refractivity contribution in [1.29, 1.82) is 0 Å². The van der Waals surface area contributed by atoms with E-state index < -0.39 is 11.9 Å². The van der Waals surface area contributed by atoms with Crippen LogP contribution >= 0.6 is 15.9 Å². The number of ketones is 2. The number of hydrogen-bond acceptors (Lipinski definition) is 8. The Hall–Kier alpha value is -3.20. The van der Waals surface area contributed by atoms with Crippen molar-refractivity contribution in [3.63, 3.8) is 0 Å². The van der Waals surface area contributed by atoms with E-state index in [0.29, 0.717) is 39.9 Å². The van der Waals surface area contributed by atoms with Gasteiger partial charge in [0.15, 0.2) is 0 Å². The Morgan fingerprint density at radius 3 is 1.73 bits per heavy atom. The normalized spacial score (nSPS) is 9.79. The van der Waals surface area contributed by atoms with Crippen molar-refractivity contribution < 1.29 is 38.1 Å². The minimum atomic E-state index is -0.475. The molecule has 0 aromatic heterocycles. The van der Waals surface area contributed by atoms with Crippen LogP contribution in [0.1, 0.15) is 45.7 Å². The molecule has 0 aliphatic rings. The number of hydrogen-bond donors (Lipinski definition) is 0. The molecule has 2 aromatic carbocycles. The minimum Gasteiger partial charge on any atom is -0.496 e. The maximum absolute atomic E-state index is 11.5. The molecule has 0 N–H and O–H groups in total. The van der Waals surface area contributed by atoms with Crippen molar-refractivity contribution in [2.24, 2.45) is 0 Å². The van der Waals surface area contributed by atoms with Crippen molar-refractivity contribution in [3.05, 3.63) is 57.1 Å². The van der Waals surface area contributed by atoms with Gasteiger partial charge in [0.05, 0.1) is 28.4 Å². The summed E-state index contributed by atoms with van der Waals surface area (Å²) in [7, 11) is 5.55. The van der Waals surface area contributed by atoms with Crippen LogP contribution in [0, 0.1) is 0 Å². The number of carbonyl (C=O) groups is 4. The van der Waals surface area contributed by atoms with Gasteiger partial charge in [0.25, 0.3) is 0 Å². The molecular weight excluding hydrogens is 496 g/mol. The van der Waals surface area contributed by atoms with E-state index in [9.17, 15) is 19.2 Å². The third kappa shape index (κ3) is 8.34. The zero-order chi connectivity index (χ0) is 25.1. The Kier molecular flexibility index (Phi) is 11.3. The van der Waals surface area contributed by atoms with Gasteiger partial charge in [0, 0.05) is 17.3 Å². The molecule has 9 heteroatoms. The number of rotatable bonds is 8. The first kappa shape index (κ1) is 27.8. The topological polar surface area (TPSA) is 105 Å². The third-order valence-electron chi connectivity index (χ3n) is 4.34. The largest absolute Gasteiger partial charge is 0.496 e. The van der Waals surface area contributed by atoms with Crippen molar-refractivity contribution in [2.75, 3.05) is 28.4 Å². The molecule has 0 fully saturated rings. The molecule has 178 valence electrons. The predicted octanol–water partition coefficient (Wildman–Crippen LogP) is 3.99. The fourth-order valence-electron chi connectivity index (χ4n) is 2.85. The summed E-state index contributed by atoms with van der Waals surface area (Å²) in [6.45, 7) is 3.02. The molecule has 2 aromatic rings. The molecule has 0 heterocycles. The van der Waals surface area contributed by atoms with Crippen LogP contribution in [-0.2, 0) is 31.9 Å². The lowest BCUT2D eigenvalue weighted by atomic mass is 10.1. The Bertz CT molecular complexity index is 1030. The van der Waals surface area contributed by atoms with Gasteiger partial charge in [-0.05, 0) is 49.2 Å². The molecule has 0 saturated heterocycles. The number of esters is 2. The molecule has 0 unspecified atom stereocenters. The molecule has 33 heavy (non-hydrogen) atoms. The lowest BCUT2D eigenvalue weighted by Gasteiger charge is -2.10. The highest BCUT2D eigenvalue weighted by Gasteiger charge is 2.16. The number of benzene rings is 2. The molecule has 2 rings (SSSR count). The molecule has 0 saturated carbocycles. The van der Waals surface area contributed by atoms with Gasteiger partial charge in [-0.15, -0.1) is 0 Å². The molecule has 0 aliphatic heterocycles. The van der Waals surface area contributed by atoms with Gasteiger partial charge in [-0.3, -0.25) is 9.59 Å². The standard InChI is InChI=1S/C12H13BrO4.C12H14O4/c1-7(14)4-8-5-11(16-2)9(6-10(8)13)12(15)17-3;1-8(13)6-9-4-5-10(12(14)16-3)11(7-9)15-2/h5-6H,4H2,1-3H3;4-5,7H,6H2,1-3H3. The summed E-state index contributed by atoms with van der Waals surface area (Å²) in [6, 6.07) is 8.26. The van der Waals surface area contributed by atoms with E-state index in [2.05, 4.69) is 25.4 Å². The van der Waals surface area contributed by atoms with Crippen molar-refractivity contribution >= 4 is 39.4 Å². The fourth-order valence-corrected chi connectivity index (χ4v) is 3.33. The number of carbonyl (C=O) groups excluding carboxylic acids is 4. The van der Waals surface area contributed by atoms with Crippen LogP contribution in [0.3, 0.4) is 0 Å². The van der Waals surface area contributed by atoms with E-state index in [1.165, 1.54) is 42.3 Å². The lowest BCUT2D eigenvalue weighted by molar-refractivity contribution is -0.117. The van der Waals surface area contributed by atoms with Crippen LogP contribution in [0.2, 0.25) is 0 Å². The van der Waals surface area contributed by atoms with Crippen molar-refractivity contribution in [3.8, 4) is 11.5 Å². The Morgan fingerprint density at radius 2 is 1.24 bits per heavy atom. The second kappa shape index (κ2) is 13.4. The zero-order valence-corrected chi connectivity index (χ0v) is 21.0. The number of halogens is 1. The summed E-state index contributed by atoms with van der Waals surface area (Å²) in [6.07, 6.45) is 0.621. The Labute approximate surface area is 201 Å². The van der Waals surface area contributed by atoms with Gasteiger partial charge in [0.2, 0.25) is 0 Å². The van der Waals surface area contributed by atoms with E-state index >= 15 is 0 Å². The highest BCUT2D eigenvalue weighted by molar-refractivity contribution is 9.10. The smallest absolute Gasteiger partial charge is 0.341 e. The third-order valence-corrected chi connectivity index (χ3v) is 5.08. The minimum absolute atomic E-state index is 0.0403. The highest BCUT2D eigenvalue weighted by Crippen LogP contribution is 2.28. The maximum atomic E-state index is 11.5. The SMILES string of the molecule is COC(=O)c1cc(Br)c(CC(C)=O)cc1OC.COC(=O)c1ccc(CC(C)=O)cc1OC. The Morgan fingerprint density at radius 1 is 0.727 bits per heavy atom. The molecule has 0 aliphatic carbocycles. The van der Waals surface area contributed by atoms with Crippen LogP contribution in [0.4, 0.5) is 0 Å². The molecule has 0 atom stereocenters. The highest BCUT2D eigenvalue weighted by atomic mass is 79.9. The molecule has 0 radical (unpaired) electrons. The summed E-state index contributed by atoms with van der Waals surface area (Å²) in [5, 5.41) is 0. The van der Waals surface area contributed by atoms with Gasteiger partial charge in [-0.2, -0.15) is 0 Å². The van der Waals surface area contributed by atoms with Gasteiger partial charge in [0.1, 0.15) is 34.2 Å².